The third-order valence-electron chi connectivity index (χ3n) is 3.53. The largest absolute Gasteiger partial charge is 0.497 e. The number of methoxy groups -OCH3 is 1. The van der Waals surface area contributed by atoms with E-state index in [0.717, 1.165) is 22.2 Å². The molecule has 3 rings (SSSR count). The van der Waals surface area contributed by atoms with Crippen LogP contribution in [0.3, 0.4) is 0 Å². The molecule has 0 radical (unpaired) electrons. The molecule has 2 aromatic carbocycles. The average Bonchev–Trinajstić information content (AvgIpc) is 2.93. The van der Waals surface area contributed by atoms with Crippen LogP contribution in [-0.4, -0.2) is 18.0 Å². The van der Waals surface area contributed by atoms with Gasteiger partial charge in [0.1, 0.15) is 11.4 Å². The Balaban J connectivity index is 1.88. The van der Waals surface area contributed by atoms with Crippen molar-refractivity contribution in [3.8, 4) is 5.75 Å². The quantitative estimate of drug-likeness (QED) is 0.648. The second-order valence-corrected chi connectivity index (χ2v) is 5.18. The van der Waals surface area contributed by atoms with Gasteiger partial charge in [-0.3, -0.25) is 4.79 Å². The predicted octanol–water partition coefficient (Wildman–Crippen LogP) is 3.32. The van der Waals surface area contributed by atoms with Crippen LogP contribution in [0, 0.1) is 6.92 Å². The van der Waals surface area contributed by atoms with E-state index in [1.807, 2.05) is 37.3 Å². The summed E-state index contributed by atoms with van der Waals surface area (Å²) >= 11 is 0. The number of hydrogen-bond acceptors (Lipinski definition) is 3. The number of carbonyl (C=O) groups is 1. The second-order valence-electron chi connectivity index (χ2n) is 5.18. The van der Waals surface area contributed by atoms with Crippen molar-refractivity contribution in [2.45, 2.75) is 6.92 Å². The van der Waals surface area contributed by atoms with Gasteiger partial charge in [-0.05, 0) is 48.9 Å². The molecule has 0 bridgehead atoms. The van der Waals surface area contributed by atoms with Crippen molar-refractivity contribution in [2.75, 3.05) is 18.2 Å². The number of H-pyrrole nitrogens is 1. The topological polar surface area (TPSA) is 80.1 Å². The molecule has 1 aromatic heterocycles. The SMILES string of the molecule is COc1ccc2[nH]c(C(=O)Nc3ccc(C)cc3N)cc2c1. The Labute approximate surface area is 128 Å². The smallest absolute Gasteiger partial charge is 0.272 e. The number of fused-ring (bicyclic) bond motifs is 1. The summed E-state index contributed by atoms with van der Waals surface area (Å²) in [6.45, 7) is 1.95. The summed E-state index contributed by atoms with van der Waals surface area (Å²) in [6.07, 6.45) is 0. The van der Waals surface area contributed by atoms with Crippen LogP contribution in [0.2, 0.25) is 0 Å². The van der Waals surface area contributed by atoms with Crippen molar-refractivity contribution >= 4 is 28.2 Å². The van der Waals surface area contributed by atoms with Crippen molar-refractivity contribution in [2.24, 2.45) is 0 Å². The fourth-order valence-corrected chi connectivity index (χ4v) is 2.35. The summed E-state index contributed by atoms with van der Waals surface area (Å²) < 4.78 is 5.18. The summed E-state index contributed by atoms with van der Waals surface area (Å²) in [6, 6.07) is 12.9. The molecule has 22 heavy (non-hydrogen) atoms. The van der Waals surface area contributed by atoms with Gasteiger partial charge in [-0.2, -0.15) is 0 Å². The predicted molar refractivity (Wildman–Crippen MR) is 88.4 cm³/mol. The molecule has 1 heterocycles. The molecule has 0 saturated carbocycles. The van der Waals surface area contributed by atoms with Crippen molar-refractivity contribution in [1.29, 1.82) is 0 Å². The first-order valence-corrected chi connectivity index (χ1v) is 6.91. The monoisotopic (exact) mass is 295 g/mol. The Morgan fingerprint density at radius 3 is 2.73 bits per heavy atom. The first kappa shape index (κ1) is 14.0. The lowest BCUT2D eigenvalue weighted by Crippen LogP contribution is -2.13. The van der Waals surface area contributed by atoms with Crippen LogP contribution in [0.5, 0.6) is 5.75 Å². The molecule has 5 heteroatoms. The van der Waals surface area contributed by atoms with Gasteiger partial charge >= 0.3 is 0 Å². The highest BCUT2D eigenvalue weighted by Gasteiger charge is 2.11. The van der Waals surface area contributed by atoms with Gasteiger partial charge in [-0.1, -0.05) is 6.07 Å². The van der Waals surface area contributed by atoms with Crippen LogP contribution >= 0.6 is 0 Å². The van der Waals surface area contributed by atoms with E-state index in [1.54, 1.807) is 19.2 Å². The minimum absolute atomic E-state index is 0.231. The van der Waals surface area contributed by atoms with Crippen LogP contribution in [0.1, 0.15) is 16.1 Å². The molecule has 0 aliphatic rings. The van der Waals surface area contributed by atoms with E-state index in [9.17, 15) is 4.79 Å². The Morgan fingerprint density at radius 2 is 2.00 bits per heavy atom. The highest BCUT2D eigenvalue weighted by Crippen LogP contribution is 2.23. The molecule has 0 aliphatic carbocycles. The number of hydrogen-bond donors (Lipinski definition) is 3. The molecule has 0 atom stereocenters. The van der Waals surface area contributed by atoms with Gasteiger partial charge < -0.3 is 20.8 Å². The summed E-state index contributed by atoms with van der Waals surface area (Å²) in [5.41, 5.74) is 9.47. The number of nitrogens with two attached hydrogens (primary N) is 1. The first-order chi connectivity index (χ1) is 10.6. The lowest BCUT2D eigenvalue weighted by Gasteiger charge is -2.07. The molecule has 4 N–H and O–H groups in total. The minimum Gasteiger partial charge on any atom is -0.497 e. The Bertz CT molecular complexity index is 852. The van der Waals surface area contributed by atoms with Gasteiger partial charge in [0.05, 0.1) is 18.5 Å². The van der Waals surface area contributed by atoms with E-state index in [0.29, 0.717) is 17.1 Å². The maximum Gasteiger partial charge on any atom is 0.272 e. The average molecular weight is 295 g/mol. The number of anilines is 2. The van der Waals surface area contributed by atoms with Gasteiger partial charge in [0, 0.05) is 10.9 Å². The van der Waals surface area contributed by atoms with Crippen molar-refractivity contribution in [3.05, 3.63) is 53.7 Å². The summed E-state index contributed by atoms with van der Waals surface area (Å²) in [4.78, 5) is 15.4. The molecule has 0 unspecified atom stereocenters. The third kappa shape index (κ3) is 2.61. The Kier molecular flexibility index (Phi) is 3.47. The van der Waals surface area contributed by atoms with E-state index in [2.05, 4.69) is 10.3 Å². The van der Waals surface area contributed by atoms with E-state index >= 15 is 0 Å². The molecular formula is C17H17N3O2. The Morgan fingerprint density at radius 1 is 1.18 bits per heavy atom. The summed E-state index contributed by atoms with van der Waals surface area (Å²) in [5.74, 6) is 0.520. The van der Waals surface area contributed by atoms with E-state index in [4.69, 9.17) is 10.5 Å². The highest BCUT2D eigenvalue weighted by atomic mass is 16.5. The maximum atomic E-state index is 12.3. The fraction of sp³-hybridized carbons (Fsp3) is 0.118. The van der Waals surface area contributed by atoms with E-state index in [1.165, 1.54) is 0 Å². The zero-order valence-corrected chi connectivity index (χ0v) is 12.4. The summed E-state index contributed by atoms with van der Waals surface area (Å²) in [7, 11) is 1.61. The van der Waals surface area contributed by atoms with Crippen molar-refractivity contribution in [3.63, 3.8) is 0 Å². The zero-order valence-electron chi connectivity index (χ0n) is 12.4. The molecule has 0 aliphatic heterocycles. The maximum absolute atomic E-state index is 12.3. The number of amides is 1. The van der Waals surface area contributed by atoms with Gasteiger partial charge in [-0.15, -0.1) is 0 Å². The number of benzene rings is 2. The number of nitrogen functional groups attached to an aromatic ring is 1. The number of nitrogens with one attached hydrogen (secondary N) is 2. The van der Waals surface area contributed by atoms with Crippen LogP contribution in [-0.2, 0) is 0 Å². The fourth-order valence-electron chi connectivity index (χ4n) is 2.35. The minimum atomic E-state index is -0.231. The number of carbonyl (C=O) groups excluding carboxylic acids is 1. The van der Waals surface area contributed by atoms with Gasteiger partial charge in [-0.25, -0.2) is 0 Å². The molecule has 0 fully saturated rings. The molecule has 0 saturated heterocycles. The number of rotatable bonds is 3. The molecule has 1 amide bonds. The standard InChI is InChI=1S/C17H17N3O2/c1-10-3-5-15(13(18)7-10)20-17(21)16-9-11-8-12(22-2)4-6-14(11)19-16/h3-9,19H,18H2,1-2H3,(H,20,21). The van der Waals surface area contributed by atoms with Crippen LogP contribution in [0.15, 0.2) is 42.5 Å². The summed E-state index contributed by atoms with van der Waals surface area (Å²) in [5, 5.41) is 3.73. The van der Waals surface area contributed by atoms with Gasteiger partial charge in [0.25, 0.3) is 5.91 Å². The second kappa shape index (κ2) is 5.44. The zero-order chi connectivity index (χ0) is 15.7. The van der Waals surface area contributed by atoms with Gasteiger partial charge in [0.15, 0.2) is 0 Å². The molecule has 5 nitrogen and oxygen atoms in total. The lowest BCUT2D eigenvalue weighted by molar-refractivity contribution is 0.102. The van der Waals surface area contributed by atoms with Crippen LogP contribution < -0.4 is 15.8 Å². The molecule has 3 aromatic rings. The lowest BCUT2D eigenvalue weighted by atomic mass is 10.2. The molecular weight excluding hydrogens is 278 g/mol. The van der Waals surface area contributed by atoms with Crippen molar-refractivity contribution < 1.29 is 9.53 Å². The van der Waals surface area contributed by atoms with Gasteiger partial charge in [0.2, 0.25) is 0 Å². The van der Waals surface area contributed by atoms with Crippen LogP contribution in [0.4, 0.5) is 11.4 Å². The molecule has 112 valence electrons. The molecule has 0 spiro atoms. The third-order valence-corrected chi connectivity index (χ3v) is 3.53. The Hall–Kier alpha value is -2.95. The number of ether oxygens (including phenoxy) is 1. The number of aromatic nitrogens is 1. The van der Waals surface area contributed by atoms with E-state index in [-0.39, 0.29) is 5.91 Å². The number of aryl methyl sites for hydroxylation is 1. The van der Waals surface area contributed by atoms with Crippen LogP contribution in [0.25, 0.3) is 10.9 Å². The number of aromatic amines is 1. The first-order valence-electron chi connectivity index (χ1n) is 6.91. The highest BCUT2D eigenvalue weighted by molar-refractivity contribution is 6.07. The van der Waals surface area contributed by atoms with Crippen molar-refractivity contribution in [1.82, 2.24) is 4.98 Å². The normalized spacial score (nSPS) is 10.6. The van der Waals surface area contributed by atoms with E-state index < -0.39 is 0 Å².